The first kappa shape index (κ1) is 36.5. The van der Waals surface area contributed by atoms with E-state index >= 15 is 0 Å². The quantitative estimate of drug-likeness (QED) is 0.111. The molecule has 9 rings (SSSR count). The van der Waals surface area contributed by atoms with Gasteiger partial charge >= 0.3 is 6.09 Å². The maximum Gasteiger partial charge on any atom is 0.415 e. The van der Waals surface area contributed by atoms with Crippen LogP contribution in [0.4, 0.5) is 16.4 Å². The molecule has 290 valence electrons. The van der Waals surface area contributed by atoms with Crippen molar-refractivity contribution in [3.05, 3.63) is 155 Å². The van der Waals surface area contributed by atoms with Crippen LogP contribution < -0.4 is 25.0 Å². The van der Waals surface area contributed by atoms with Crippen molar-refractivity contribution in [3.63, 3.8) is 0 Å². The third-order valence-electron chi connectivity index (χ3n) is 10.9. The number of amides is 2. The third kappa shape index (κ3) is 6.96. The summed E-state index contributed by atoms with van der Waals surface area (Å²) in [5.74, 6) is 0.750. The van der Waals surface area contributed by atoms with Crippen LogP contribution in [0.3, 0.4) is 0 Å². The second-order valence-electron chi connectivity index (χ2n) is 14.5. The van der Waals surface area contributed by atoms with E-state index in [-0.39, 0.29) is 54.6 Å². The fourth-order valence-electron chi connectivity index (χ4n) is 8.18. The molecule has 0 bridgehead atoms. The molecule has 4 aromatic carbocycles. The number of carbonyl (C=O) groups is 2. The predicted molar refractivity (Wildman–Crippen MR) is 212 cm³/mol. The molecule has 58 heavy (non-hydrogen) atoms. The van der Waals surface area contributed by atoms with Crippen LogP contribution in [0.15, 0.2) is 122 Å². The molecule has 3 aliphatic rings. The number of fused-ring (bicyclic) bond motifs is 2. The van der Waals surface area contributed by atoms with Gasteiger partial charge in [0.2, 0.25) is 0 Å². The number of nitrogens with one attached hydrogen (secondary N) is 2. The topological polar surface area (TPSA) is 169 Å². The maximum absolute atomic E-state index is 12.7. The van der Waals surface area contributed by atoms with Crippen LogP contribution in [-0.2, 0) is 28.1 Å². The van der Waals surface area contributed by atoms with Gasteiger partial charge in [-0.05, 0) is 71.8 Å². The van der Waals surface area contributed by atoms with E-state index in [9.17, 15) is 14.9 Å². The first-order valence-corrected chi connectivity index (χ1v) is 19.2. The Hall–Kier alpha value is -7.11. The summed E-state index contributed by atoms with van der Waals surface area (Å²) in [6, 6.07) is 39.5. The molecule has 2 aromatic heterocycles. The first-order valence-electron chi connectivity index (χ1n) is 19.2. The van der Waals surface area contributed by atoms with Gasteiger partial charge in [0.15, 0.2) is 18.2 Å². The molecule has 3 atom stereocenters. The number of cyclic esters (lactones) is 1. The summed E-state index contributed by atoms with van der Waals surface area (Å²) in [5, 5.41) is 25.7. The maximum atomic E-state index is 12.7. The summed E-state index contributed by atoms with van der Waals surface area (Å²) >= 11 is 0. The first-order chi connectivity index (χ1) is 28.5. The highest BCUT2D eigenvalue weighted by molar-refractivity contribution is 5.94. The smallest absolute Gasteiger partial charge is 0.415 e. The van der Waals surface area contributed by atoms with Crippen LogP contribution in [0.5, 0.6) is 11.6 Å². The zero-order chi connectivity index (χ0) is 39.5. The molecule has 1 fully saturated rings. The van der Waals surface area contributed by atoms with E-state index in [2.05, 4.69) is 68.2 Å². The Morgan fingerprint density at radius 1 is 0.948 bits per heavy atom. The molecule has 2 amide bonds. The van der Waals surface area contributed by atoms with Gasteiger partial charge in [-0.1, -0.05) is 102 Å². The minimum Gasteiger partial charge on any atom is -0.487 e. The van der Waals surface area contributed by atoms with Crippen molar-refractivity contribution in [1.29, 1.82) is 5.26 Å². The lowest BCUT2D eigenvalue weighted by molar-refractivity contribution is -0.118. The Morgan fingerprint density at radius 3 is 2.34 bits per heavy atom. The molecule has 3 unspecified atom stereocenters. The van der Waals surface area contributed by atoms with E-state index in [1.807, 2.05) is 83.7 Å². The van der Waals surface area contributed by atoms with Crippen molar-refractivity contribution in [1.82, 2.24) is 30.3 Å². The normalized spacial score (nSPS) is 18.4. The van der Waals surface area contributed by atoms with Gasteiger partial charge in [0.05, 0.1) is 30.9 Å². The lowest BCUT2D eigenvalue weighted by Crippen LogP contribution is -2.38. The fraction of sp³-hybridized carbons (Fsp3) is 0.250. The van der Waals surface area contributed by atoms with Crippen molar-refractivity contribution >= 4 is 23.6 Å². The number of nitriles is 1. The van der Waals surface area contributed by atoms with Gasteiger partial charge in [-0.2, -0.15) is 5.26 Å². The Morgan fingerprint density at radius 2 is 1.66 bits per heavy atom. The van der Waals surface area contributed by atoms with Crippen molar-refractivity contribution in [2.24, 2.45) is 5.92 Å². The Kier molecular flexibility index (Phi) is 9.95. The van der Waals surface area contributed by atoms with Crippen LogP contribution in [-0.4, -0.2) is 69.3 Å². The van der Waals surface area contributed by atoms with Gasteiger partial charge < -0.3 is 24.8 Å². The summed E-state index contributed by atoms with van der Waals surface area (Å²) < 4.78 is 19.1. The van der Waals surface area contributed by atoms with E-state index in [1.54, 1.807) is 0 Å². The number of anilines is 2. The van der Waals surface area contributed by atoms with Gasteiger partial charge in [0.25, 0.3) is 11.8 Å². The van der Waals surface area contributed by atoms with E-state index < -0.39 is 11.6 Å². The third-order valence-corrected chi connectivity index (χ3v) is 10.9. The van der Waals surface area contributed by atoms with Crippen molar-refractivity contribution in [3.8, 4) is 17.7 Å². The lowest BCUT2D eigenvalue weighted by Gasteiger charge is -2.35. The number of benzene rings is 4. The number of nitrogens with zero attached hydrogens (tertiary/aromatic N) is 7. The van der Waals surface area contributed by atoms with Crippen LogP contribution in [0.2, 0.25) is 0 Å². The largest absolute Gasteiger partial charge is 0.487 e. The van der Waals surface area contributed by atoms with Crippen molar-refractivity contribution in [2.75, 3.05) is 36.5 Å². The molecule has 14 heteroatoms. The summed E-state index contributed by atoms with van der Waals surface area (Å²) in [4.78, 5) is 34.3. The van der Waals surface area contributed by atoms with Gasteiger partial charge in [0, 0.05) is 0 Å². The Bertz CT molecular complexity index is 2380. The average Bonchev–Trinajstić information content (AvgIpc) is 3.99. The van der Waals surface area contributed by atoms with Crippen LogP contribution in [0.1, 0.15) is 45.8 Å². The summed E-state index contributed by atoms with van der Waals surface area (Å²) in [6.07, 6.45) is 3.82. The zero-order valence-corrected chi connectivity index (χ0v) is 31.4. The number of hydrogen-bond donors (Lipinski definition) is 2. The SMILES string of the molecule is N#CC1c2cc(OCc3cn(C(c4ccccc4)(c4ccccc4)c4ccccc4)nn3)ccc2CC1CNCCC1CN(c2cnc3c(n2)NC(=O)CO3)C(=O)O1. The molecule has 4 heterocycles. The second kappa shape index (κ2) is 15.8. The molecule has 0 radical (unpaired) electrons. The minimum absolute atomic E-state index is 0.0723. The second-order valence-corrected chi connectivity index (χ2v) is 14.5. The van der Waals surface area contributed by atoms with Gasteiger partial charge in [-0.25, -0.2) is 19.4 Å². The zero-order valence-electron chi connectivity index (χ0n) is 31.4. The lowest BCUT2D eigenvalue weighted by atomic mass is 9.77. The molecule has 0 spiro atoms. The number of carbonyl (C=O) groups excluding carboxylic acids is 2. The Balaban J connectivity index is 0.830. The summed E-state index contributed by atoms with van der Waals surface area (Å²) in [7, 11) is 0. The minimum atomic E-state index is -0.776. The number of hydrogen-bond acceptors (Lipinski definition) is 11. The van der Waals surface area contributed by atoms with E-state index in [1.165, 1.54) is 11.1 Å². The monoisotopic (exact) mass is 773 g/mol. The van der Waals surface area contributed by atoms with E-state index in [0.29, 0.717) is 37.5 Å². The molecular weight excluding hydrogens is 735 g/mol. The highest BCUT2D eigenvalue weighted by Gasteiger charge is 2.40. The van der Waals surface area contributed by atoms with E-state index in [4.69, 9.17) is 19.4 Å². The molecule has 1 aliphatic carbocycles. The number of ether oxygens (including phenoxy) is 3. The highest BCUT2D eigenvalue weighted by atomic mass is 16.6. The molecular formula is C44H39N9O5. The molecule has 0 saturated carbocycles. The standard InChI is InChI=1S/C44H39N9O5/c45-22-38-30(23-46-19-18-36-26-52(43(55)58-36)39-24-47-42-41(48-39)49-40(54)28-57-42)20-29-16-17-35(21-37(29)38)56-27-34-25-53(51-50-34)44(31-10-4-1-5-11-31,32-12-6-2-7-13-32)33-14-8-3-9-15-33/h1-17,21,24-25,30,36,38,46H,18-20,23,26-28H2,(H,48,49,54). The average molecular weight is 774 g/mol. The van der Waals surface area contributed by atoms with Crippen molar-refractivity contribution < 1.29 is 23.8 Å². The fourth-order valence-corrected chi connectivity index (χ4v) is 8.18. The summed E-state index contributed by atoms with van der Waals surface area (Å²) in [5.41, 5.74) is 5.14. The Labute approximate surface area is 334 Å². The molecule has 1 saturated heterocycles. The number of rotatable bonds is 13. The molecule has 2 N–H and O–H groups in total. The highest BCUT2D eigenvalue weighted by Crippen LogP contribution is 2.41. The predicted octanol–water partition coefficient (Wildman–Crippen LogP) is 5.60. The van der Waals surface area contributed by atoms with Crippen molar-refractivity contribution in [2.45, 2.75) is 37.0 Å². The van der Waals surface area contributed by atoms with E-state index in [0.717, 1.165) is 34.2 Å². The van der Waals surface area contributed by atoms with Gasteiger partial charge in [0.1, 0.15) is 29.7 Å². The van der Waals surface area contributed by atoms with Gasteiger partial charge in [-0.15, -0.1) is 5.10 Å². The molecule has 14 nitrogen and oxygen atoms in total. The van der Waals surface area contributed by atoms with Crippen LogP contribution in [0.25, 0.3) is 0 Å². The molecule has 2 aliphatic heterocycles. The van der Waals surface area contributed by atoms with Gasteiger partial charge in [-0.3, -0.25) is 9.69 Å². The summed E-state index contributed by atoms with van der Waals surface area (Å²) in [6.45, 7) is 1.58. The molecule has 6 aromatic rings. The number of aromatic nitrogens is 5. The van der Waals surface area contributed by atoms with Crippen LogP contribution >= 0.6 is 0 Å². The van der Waals surface area contributed by atoms with Crippen LogP contribution in [0, 0.1) is 17.2 Å².